The fraction of sp³-hybridized carbons (Fsp3) is 0.111. The Morgan fingerprint density at radius 1 is 1.39 bits per heavy atom. The Hall–Kier alpha value is -3.66. The number of aromatic nitrogens is 5. The van der Waals surface area contributed by atoms with Gasteiger partial charge in [-0.15, -0.1) is 16.8 Å². The van der Waals surface area contributed by atoms with Crippen LogP contribution in [0.1, 0.15) is 15.4 Å². The number of anilines is 1. The predicted molar refractivity (Wildman–Crippen MR) is 106 cm³/mol. The van der Waals surface area contributed by atoms with Gasteiger partial charge in [-0.05, 0) is 25.1 Å². The number of fused-ring (bicyclic) bond motifs is 2. The molecule has 0 fully saturated rings. The number of hydrogen-bond donors (Lipinski definition) is 2. The zero-order valence-corrected chi connectivity index (χ0v) is 15.7. The van der Waals surface area contributed by atoms with Crippen molar-refractivity contribution in [1.29, 1.82) is 5.41 Å². The molecule has 0 radical (unpaired) electrons. The monoisotopic (exact) mass is 393 g/mol. The lowest BCUT2D eigenvalue weighted by molar-refractivity contribution is 0.102. The van der Waals surface area contributed by atoms with Crippen LogP contribution < -0.4 is 16.4 Å². The standard InChI is InChI=1S/C18H15N7O2S/c1-3-7-25-14(19)11(16(26)21-18-23-22-10(2)28-18)9-12-15(25)20-13-6-4-5-8-24(13)17(12)27/h3-6,8-9,19H,1,7H2,2H3,(H,21,23,26). The molecular weight excluding hydrogens is 378 g/mol. The van der Waals surface area contributed by atoms with Crippen LogP contribution in [0.2, 0.25) is 0 Å². The molecule has 4 aromatic rings. The van der Waals surface area contributed by atoms with E-state index in [9.17, 15) is 9.59 Å². The summed E-state index contributed by atoms with van der Waals surface area (Å²) < 4.78 is 2.89. The van der Waals surface area contributed by atoms with Gasteiger partial charge in [0, 0.05) is 12.7 Å². The van der Waals surface area contributed by atoms with E-state index in [-0.39, 0.29) is 28.5 Å². The lowest BCUT2D eigenvalue weighted by Gasteiger charge is -2.12. The second-order valence-electron chi connectivity index (χ2n) is 5.97. The van der Waals surface area contributed by atoms with E-state index in [1.165, 1.54) is 26.4 Å². The number of rotatable bonds is 4. The smallest absolute Gasteiger partial charge is 0.267 e. The first kappa shape index (κ1) is 17.7. The molecule has 9 nitrogen and oxygen atoms in total. The third-order valence-corrected chi connectivity index (χ3v) is 4.88. The molecule has 0 aliphatic rings. The molecule has 28 heavy (non-hydrogen) atoms. The molecular formula is C18H15N7O2S. The molecule has 0 spiro atoms. The average Bonchev–Trinajstić information content (AvgIpc) is 3.09. The fourth-order valence-electron chi connectivity index (χ4n) is 2.88. The van der Waals surface area contributed by atoms with E-state index in [4.69, 9.17) is 5.41 Å². The maximum atomic E-state index is 13.0. The van der Waals surface area contributed by atoms with E-state index in [1.54, 1.807) is 37.4 Å². The van der Waals surface area contributed by atoms with E-state index in [1.807, 2.05) is 0 Å². The Kier molecular flexibility index (Phi) is 4.32. The van der Waals surface area contributed by atoms with E-state index in [0.29, 0.717) is 21.4 Å². The van der Waals surface area contributed by atoms with E-state index in [0.717, 1.165) is 0 Å². The number of nitrogens with one attached hydrogen (secondary N) is 2. The SMILES string of the molecule is C=CCn1c(=N)c(C(=O)Nc2nnc(C)s2)cc2c(=O)n3ccccc3nc21. The van der Waals surface area contributed by atoms with Crippen LogP contribution in [0.15, 0.2) is 47.9 Å². The molecule has 0 saturated heterocycles. The summed E-state index contributed by atoms with van der Waals surface area (Å²) in [6.45, 7) is 5.70. The summed E-state index contributed by atoms with van der Waals surface area (Å²) in [7, 11) is 0. The topological polar surface area (TPSA) is 118 Å². The van der Waals surface area contributed by atoms with E-state index < -0.39 is 5.91 Å². The first-order valence-electron chi connectivity index (χ1n) is 8.31. The van der Waals surface area contributed by atoms with Crippen LogP contribution in [0.25, 0.3) is 16.7 Å². The largest absolute Gasteiger partial charge is 0.306 e. The molecule has 140 valence electrons. The highest BCUT2D eigenvalue weighted by atomic mass is 32.1. The summed E-state index contributed by atoms with van der Waals surface area (Å²) in [4.78, 5) is 30.2. The van der Waals surface area contributed by atoms with Crippen LogP contribution in [0, 0.1) is 12.3 Å². The third kappa shape index (κ3) is 2.89. The number of carbonyl (C=O) groups is 1. The van der Waals surface area contributed by atoms with Crippen molar-refractivity contribution in [3.8, 4) is 0 Å². The van der Waals surface area contributed by atoms with Crippen LogP contribution in [-0.2, 0) is 6.54 Å². The average molecular weight is 393 g/mol. The van der Waals surface area contributed by atoms with Crippen LogP contribution in [0.3, 0.4) is 0 Å². The van der Waals surface area contributed by atoms with Crippen molar-refractivity contribution in [1.82, 2.24) is 24.1 Å². The van der Waals surface area contributed by atoms with E-state index >= 15 is 0 Å². The normalized spacial score (nSPS) is 11.0. The minimum atomic E-state index is -0.543. The van der Waals surface area contributed by atoms with Gasteiger partial charge >= 0.3 is 0 Å². The molecule has 0 saturated carbocycles. The molecule has 4 heterocycles. The molecule has 0 aromatic carbocycles. The fourth-order valence-corrected chi connectivity index (χ4v) is 3.47. The first-order chi connectivity index (χ1) is 13.5. The minimum Gasteiger partial charge on any atom is -0.306 e. The summed E-state index contributed by atoms with van der Waals surface area (Å²) in [5.41, 5.74) is 0.428. The summed E-state index contributed by atoms with van der Waals surface area (Å²) in [5, 5.41) is 20.1. The second kappa shape index (κ2) is 6.82. The molecule has 0 atom stereocenters. The van der Waals surface area contributed by atoms with Gasteiger partial charge in [0.25, 0.3) is 11.5 Å². The number of hydrogen-bond acceptors (Lipinski definition) is 7. The van der Waals surface area contributed by atoms with Crippen LogP contribution in [0.5, 0.6) is 0 Å². The number of pyridine rings is 2. The van der Waals surface area contributed by atoms with Crippen molar-refractivity contribution in [2.45, 2.75) is 13.5 Å². The van der Waals surface area contributed by atoms with Gasteiger partial charge in [0.05, 0.1) is 10.9 Å². The van der Waals surface area contributed by atoms with Gasteiger partial charge in [0.15, 0.2) is 0 Å². The second-order valence-corrected chi connectivity index (χ2v) is 7.15. The Balaban J connectivity index is 1.98. The van der Waals surface area contributed by atoms with Crippen LogP contribution >= 0.6 is 11.3 Å². The van der Waals surface area contributed by atoms with Crippen molar-refractivity contribution in [2.24, 2.45) is 0 Å². The molecule has 10 heteroatoms. The number of aryl methyl sites for hydroxylation is 1. The molecule has 1 amide bonds. The molecule has 0 unspecified atom stereocenters. The minimum absolute atomic E-state index is 0.0389. The third-order valence-electron chi connectivity index (χ3n) is 4.12. The van der Waals surface area contributed by atoms with Crippen molar-refractivity contribution in [3.63, 3.8) is 0 Å². The number of nitrogens with zero attached hydrogens (tertiary/aromatic N) is 5. The van der Waals surface area contributed by atoms with Crippen molar-refractivity contribution in [2.75, 3.05) is 5.32 Å². The predicted octanol–water partition coefficient (Wildman–Crippen LogP) is 1.73. The summed E-state index contributed by atoms with van der Waals surface area (Å²) in [6, 6.07) is 6.61. The van der Waals surface area contributed by atoms with Gasteiger partial charge in [0.1, 0.15) is 21.8 Å². The maximum Gasteiger partial charge on any atom is 0.267 e. The highest BCUT2D eigenvalue weighted by molar-refractivity contribution is 7.15. The molecule has 4 aromatic heterocycles. The molecule has 4 rings (SSSR count). The summed E-state index contributed by atoms with van der Waals surface area (Å²) >= 11 is 1.22. The van der Waals surface area contributed by atoms with Gasteiger partial charge < -0.3 is 4.57 Å². The lowest BCUT2D eigenvalue weighted by atomic mass is 10.2. The van der Waals surface area contributed by atoms with Gasteiger partial charge in [-0.2, -0.15) is 0 Å². The Bertz CT molecular complexity index is 1370. The maximum absolute atomic E-state index is 13.0. The summed E-state index contributed by atoms with van der Waals surface area (Å²) in [5.74, 6) is -0.543. The number of carbonyl (C=O) groups excluding carboxylic acids is 1. The molecule has 2 N–H and O–H groups in total. The zero-order valence-electron chi connectivity index (χ0n) is 14.8. The van der Waals surface area contributed by atoms with E-state index in [2.05, 4.69) is 27.1 Å². The van der Waals surface area contributed by atoms with Crippen molar-refractivity contribution in [3.05, 3.63) is 69.5 Å². The van der Waals surface area contributed by atoms with Gasteiger partial charge in [0.2, 0.25) is 5.13 Å². The van der Waals surface area contributed by atoms with Crippen LogP contribution in [0.4, 0.5) is 5.13 Å². The number of allylic oxidation sites excluding steroid dienone is 1. The first-order valence-corrected chi connectivity index (χ1v) is 9.13. The zero-order chi connectivity index (χ0) is 19.8. The highest BCUT2D eigenvalue weighted by Gasteiger charge is 2.18. The van der Waals surface area contributed by atoms with Gasteiger partial charge in [-0.25, -0.2) is 4.98 Å². The van der Waals surface area contributed by atoms with Crippen molar-refractivity contribution >= 4 is 39.1 Å². The molecule has 0 aliphatic heterocycles. The molecule has 0 bridgehead atoms. The van der Waals surface area contributed by atoms with Gasteiger partial charge in [-0.1, -0.05) is 23.5 Å². The van der Waals surface area contributed by atoms with Crippen LogP contribution in [-0.4, -0.2) is 30.1 Å². The Labute approximate surface area is 162 Å². The Morgan fingerprint density at radius 3 is 2.93 bits per heavy atom. The summed E-state index contributed by atoms with van der Waals surface area (Å²) in [6.07, 6.45) is 3.20. The lowest BCUT2D eigenvalue weighted by Crippen LogP contribution is -2.32. The van der Waals surface area contributed by atoms with Crippen molar-refractivity contribution < 1.29 is 4.79 Å². The molecule has 0 aliphatic carbocycles. The van der Waals surface area contributed by atoms with Gasteiger partial charge in [-0.3, -0.25) is 24.7 Å². The number of amides is 1. The highest BCUT2D eigenvalue weighted by Crippen LogP contribution is 2.15. The quantitative estimate of drug-likeness (QED) is 0.404. The Morgan fingerprint density at radius 2 is 2.21 bits per heavy atom.